The molecule has 0 aromatic heterocycles. The van der Waals surface area contributed by atoms with Crippen LogP contribution in [0.5, 0.6) is 0 Å². The third-order valence-corrected chi connectivity index (χ3v) is 4.67. The van der Waals surface area contributed by atoms with Crippen LogP contribution in [0.4, 0.5) is 0 Å². The largest absolute Gasteiger partial charge is 0.379 e. The van der Waals surface area contributed by atoms with Crippen LogP contribution >= 0.6 is 11.8 Å². The fourth-order valence-electron chi connectivity index (χ4n) is 2.34. The third kappa shape index (κ3) is 3.69. The molecule has 1 aromatic carbocycles. The van der Waals surface area contributed by atoms with Gasteiger partial charge in [0.1, 0.15) is 6.10 Å². The Balaban J connectivity index is 1.32. The van der Waals surface area contributed by atoms with Gasteiger partial charge in [-0.25, -0.2) is 0 Å². The van der Waals surface area contributed by atoms with Crippen LogP contribution in [0.15, 0.2) is 24.3 Å². The van der Waals surface area contributed by atoms with Gasteiger partial charge in [0.05, 0.1) is 24.3 Å². The smallest absolute Gasteiger partial charge is 0.261 e. The zero-order valence-electron chi connectivity index (χ0n) is 12.3. The number of fused-ring (bicyclic) bond motifs is 1. The predicted octanol–water partition coefficient (Wildman–Crippen LogP) is 1.82. The highest BCUT2D eigenvalue weighted by molar-refractivity contribution is 7.99. The molecular formula is C16H19NO4S. The van der Waals surface area contributed by atoms with E-state index in [0.29, 0.717) is 30.4 Å². The second-order valence-corrected chi connectivity index (χ2v) is 6.53. The van der Waals surface area contributed by atoms with E-state index >= 15 is 0 Å². The minimum absolute atomic E-state index is 0.172. The van der Waals surface area contributed by atoms with Gasteiger partial charge >= 0.3 is 0 Å². The van der Waals surface area contributed by atoms with E-state index in [1.807, 2.05) is 0 Å². The molecule has 1 fully saturated rings. The van der Waals surface area contributed by atoms with E-state index in [-0.39, 0.29) is 11.8 Å². The maximum absolute atomic E-state index is 12.1. The summed E-state index contributed by atoms with van der Waals surface area (Å²) in [6.45, 7) is 2.72. The lowest BCUT2D eigenvalue weighted by molar-refractivity contribution is 0.0664. The van der Waals surface area contributed by atoms with E-state index in [2.05, 4.69) is 0 Å². The van der Waals surface area contributed by atoms with Crippen LogP contribution in [0.25, 0.3) is 0 Å². The lowest BCUT2D eigenvalue weighted by atomic mass is 10.1. The fraction of sp³-hybridized carbons (Fsp3) is 0.500. The molecule has 1 aromatic rings. The Morgan fingerprint density at radius 2 is 1.86 bits per heavy atom. The number of rotatable bonds is 9. The average Bonchev–Trinajstić information content (AvgIpc) is 3.33. The van der Waals surface area contributed by atoms with E-state index < -0.39 is 0 Å². The van der Waals surface area contributed by atoms with Crippen molar-refractivity contribution in [1.29, 1.82) is 0 Å². The number of carbonyl (C=O) groups is 2. The molecule has 0 spiro atoms. The number of carbonyl (C=O) groups excluding carboxylic acids is 2. The van der Waals surface area contributed by atoms with Crippen LogP contribution in [-0.4, -0.2) is 60.7 Å². The molecule has 2 aliphatic heterocycles. The molecule has 22 heavy (non-hydrogen) atoms. The highest BCUT2D eigenvalue weighted by atomic mass is 32.2. The summed E-state index contributed by atoms with van der Waals surface area (Å²) < 4.78 is 10.5. The van der Waals surface area contributed by atoms with Crippen LogP contribution in [0, 0.1) is 0 Å². The van der Waals surface area contributed by atoms with Gasteiger partial charge < -0.3 is 9.47 Å². The number of thioether (sulfide) groups is 1. The van der Waals surface area contributed by atoms with Crippen molar-refractivity contribution in [1.82, 2.24) is 4.90 Å². The molecule has 2 heterocycles. The molecule has 0 N–H and O–H groups in total. The summed E-state index contributed by atoms with van der Waals surface area (Å²) in [5.41, 5.74) is 1.04. The third-order valence-electron chi connectivity index (χ3n) is 3.62. The molecule has 5 nitrogen and oxygen atoms in total. The average molecular weight is 321 g/mol. The molecule has 6 heteroatoms. The van der Waals surface area contributed by atoms with Gasteiger partial charge in [-0.2, -0.15) is 11.8 Å². The molecule has 2 aliphatic rings. The second-order valence-electron chi connectivity index (χ2n) is 5.30. The Hall–Kier alpha value is -1.37. The number of benzene rings is 1. The van der Waals surface area contributed by atoms with Crippen molar-refractivity contribution in [3.63, 3.8) is 0 Å². The Kier molecular flexibility index (Phi) is 5.12. The summed E-state index contributed by atoms with van der Waals surface area (Å²) in [6.07, 6.45) is 1.29. The summed E-state index contributed by atoms with van der Waals surface area (Å²) >= 11 is 1.74. The van der Waals surface area contributed by atoms with Crippen molar-refractivity contribution in [2.75, 3.05) is 37.9 Å². The summed E-state index contributed by atoms with van der Waals surface area (Å²) in [6, 6.07) is 7.00. The van der Waals surface area contributed by atoms with Gasteiger partial charge in [-0.3, -0.25) is 14.5 Å². The van der Waals surface area contributed by atoms with Gasteiger partial charge in [0, 0.05) is 18.9 Å². The van der Waals surface area contributed by atoms with Crippen LogP contribution in [-0.2, 0) is 9.47 Å². The van der Waals surface area contributed by atoms with Crippen molar-refractivity contribution >= 4 is 23.6 Å². The normalized spacial score (nSPS) is 19.6. The number of ether oxygens (including phenoxy) is 2. The van der Waals surface area contributed by atoms with Crippen LogP contribution in [0.2, 0.25) is 0 Å². The zero-order valence-corrected chi connectivity index (χ0v) is 13.1. The molecule has 0 saturated carbocycles. The molecule has 1 saturated heterocycles. The van der Waals surface area contributed by atoms with Crippen LogP contribution < -0.4 is 0 Å². The van der Waals surface area contributed by atoms with E-state index in [4.69, 9.17) is 9.47 Å². The number of hydrogen-bond donors (Lipinski definition) is 0. The first-order chi connectivity index (χ1) is 10.8. The maximum atomic E-state index is 12.1. The molecule has 0 aliphatic carbocycles. The Morgan fingerprint density at radius 3 is 2.50 bits per heavy atom. The Bertz CT molecular complexity index is 524. The lowest BCUT2D eigenvalue weighted by Gasteiger charge is -2.13. The number of amides is 2. The van der Waals surface area contributed by atoms with Crippen molar-refractivity contribution in [3.05, 3.63) is 35.4 Å². The number of imide groups is 1. The minimum atomic E-state index is -0.172. The molecule has 3 rings (SSSR count). The molecule has 0 bridgehead atoms. The van der Waals surface area contributed by atoms with Gasteiger partial charge in [-0.1, -0.05) is 12.1 Å². The highest BCUT2D eigenvalue weighted by Crippen LogP contribution is 2.22. The first-order valence-electron chi connectivity index (χ1n) is 7.49. The molecule has 1 atom stereocenters. The molecule has 118 valence electrons. The van der Waals surface area contributed by atoms with Gasteiger partial charge in [-0.15, -0.1) is 0 Å². The predicted molar refractivity (Wildman–Crippen MR) is 84.3 cm³/mol. The quantitative estimate of drug-likeness (QED) is 0.394. The summed E-state index contributed by atoms with van der Waals surface area (Å²) in [4.78, 5) is 25.6. The summed E-state index contributed by atoms with van der Waals surface area (Å²) in [7, 11) is 0. The Labute approximate surface area is 134 Å². The first-order valence-corrected chi connectivity index (χ1v) is 8.65. The van der Waals surface area contributed by atoms with Gasteiger partial charge in [0.2, 0.25) is 0 Å². The van der Waals surface area contributed by atoms with Gasteiger partial charge in [-0.05, 0) is 24.3 Å². The SMILES string of the molecule is O=C1c2ccccc2C(=O)N1CCSCCCOCC1CO1. The monoisotopic (exact) mass is 321 g/mol. The number of hydrogen-bond acceptors (Lipinski definition) is 5. The van der Waals surface area contributed by atoms with Crippen molar-refractivity contribution in [2.24, 2.45) is 0 Å². The minimum Gasteiger partial charge on any atom is -0.379 e. The van der Waals surface area contributed by atoms with Crippen LogP contribution in [0.3, 0.4) is 0 Å². The van der Waals surface area contributed by atoms with E-state index in [9.17, 15) is 9.59 Å². The molecule has 1 unspecified atom stereocenters. The number of epoxide rings is 1. The first kappa shape index (κ1) is 15.5. The molecule has 2 amide bonds. The lowest BCUT2D eigenvalue weighted by Crippen LogP contribution is -2.31. The molecular weight excluding hydrogens is 302 g/mol. The zero-order chi connectivity index (χ0) is 15.4. The topological polar surface area (TPSA) is 59.1 Å². The van der Waals surface area contributed by atoms with E-state index in [1.165, 1.54) is 4.90 Å². The fourth-order valence-corrected chi connectivity index (χ4v) is 3.18. The summed E-state index contributed by atoms with van der Waals surface area (Å²) in [5, 5.41) is 0. The maximum Gasteiger partial charge on any atom is 0.261 e. The van der Waals surface area contributed by atoms with Crippen molar-refractivity contribution in [2.45, 2.75) is 12.5 Å². The van der Waals surface area contributed by atoms with E-state index in [1.54, 1.807) is 36.0 Å². The number of nitrogens with zero attached hydrogens (tertiary/aromatic N) is 1. The van der Waals surface area contributed by atoms with E-state index in [0.717, 1.165) is 31.1 Å². The molecule has 0 radical (unpaired) electrons. The van der Waals surface area contributed by atoms with Crippen LogP contribution in [0.1, 0.15) is 27.1 Å². The highest BCUT2D eigenvalue weighted by Gasteiger charge is 2.34. The van der Waals surface area contributed by atoms with Crippen molar-refractivity contribution < 1.29 is 19.1 Å². The summed E-state index contributed by atoms with van der Waals surface area (Å²) in [5.74, 6) is 1.38. The van der Waals surface area contributed by atoms with Crippen molar-refractivity contribution in [3.8, 4) is 0 Å². The standard InChI is InChI=1S/C16H19NO4S/c18-15-13-4-1-2-5-14(13)16(19)17(15)6-9-22-8-3-7-20-10-12-11-21-12/h1-2,4-5,12H,3,6-11H2. The second kappa shape index (κ2) is 7.26. The Morgan fingerprint density at radius 1 is 1.18 bits per heavy atom. The van der Waals surface area contributed by atoms with Gasteiger partial charge in [0.25, 0.3) is 11.8 Å². The van der Waals surface area contributed by atoms with Gasteiger partial charge in [0.15, 0.2) is 0 Å².